The molecule has 0 aromatic heterocycles. The van der Waals surface area contributed by atoms with Crippen molar-refractivity contribution in [2.75, 3.05) is 0 Å². The van der Waals surface area contributed by atoms with Gasteiger partial charge in [0.15, 0.2) is 0 Å². The summed E-state index contributed by atoms with van der Waals surface area (Å²) in [5.74, 6) is 1.29. The molecule has 0 radical (unpaired) electrons. The summed E-state index contributed by atoms with van der Waals surface area (Å²) in [5.41, 5.74) is 5.62. The summed E-state index contributed by atoms with van der Waals surface area (Å²) in [6.45, 7) is 10.4. The van der Waals surface area contributed by atoms with Crippen molar-refractivity contribution in [1.29, 1.82) is 0 Å². The lowest BCUT2D eigenvalue weighted by atomic mass is 9.87. The molecule has 0 amide bonds. The van der Waals surface area contributed by atoms with Gasteiger partial charge in [-0.2, -0.15) is 0 Å². The van der Waals surface area contributed by atoms with Crippen LogP contribution >= 0.6 is 0 Å². The molecule has 0 fully saturated rings. The fourth-order valence-corrected chi connectivity index (χ4v) is 3.98. The van der Waals surface area contributed by atoms with Gasteiger partial charge in [-0.3, -0.25) is 4.79 Å². The number of rotatable bonds is 10. The Morgan fingerprint density at radius 2 is 1.70 bits per heavy atom. The monoisotopic (exact) mass is 410 g/mol. The number of aromatic hydroxyl groups is 1. The van der Waals surface area contributed by atoms with E-state index in [0.29, 0.717) is 5.75 Å². The Bertz CT molecular complexity index is 829. The normalized spacial score (nSPS) is 20.0. The lowest BCUT2D eigenvalue weighted by Gasteiger charge is -2.36. The maximum atomic E-state index is 10.6. The summed E-state index contributed by atoms with van der Waals surface area (Å²) in [5, 5.41) is 9.80. The summed E-state index contributed by atoms with van der Waals surface area (Å²) in [7, 11) is 0. The van der Waals surface area contributed by atoms with E-state index in [4.69, 9.17) is 4.74 Å². The fraction of sp³-hybridized carbons (Fsp3) is 0.519. The Hall–Kier alpha value is -2.29. The average molecular weight is 411 g/mol. The van der Waals surface area contributed by atoms with Gasteiger partial charge in [0, 0.05) is 0 Å². The summed E-state index contributed by atoms with van der Waals surface area (Å²) in [4.78, 5) is 10.6. The molecule has 0 unspecified atom stereocenters. The molecule has 3 nitrogen and oxygen atoms in total. The molecule has 3 heteroatoms. The number of aldehydes is 1. The van der Waals surface area contributed by atoms with Crippen LogP contribution in [0, 0.1) is 6.92 Å². The van der Waals surface area contributed by atoms with Crippen molar-refractivity contribution in [3.63, 3.8) is 0 Å². The first kappa shape index (κ1) is 24.0. The van der Waals surface area contributed by atoms with Crippen LogP contribution < -0.4 is 4.74 Å². The van der Waals surface area contributed by atoms with Crippen molar-refractivity contribution in [3.8, 4) is 11.5 Å². The third-order valence-corrected chi connectivity index (χ3v) is 6.00. The first-order chi connectivity index (χ1) is 14.2. The molecular formula is C27H38O3. The van der Waals surface area contributed by atoms with E-state index in [2.05, 4.69) is 32.9 Å². The Kier molecular flexibility index (Phi) is 8.95. The smallest absolute Gasteiger partial charge is 0.145 e. The van der Waals surface area contributed by atoms with Crippen LogP contribution in [0.15, 0.2) is 47.1 Å². The number of benzene rings is 1. The number of fused-ring (bicyclic) bond motifs is 1. The number of aryl methyl sites for hydroxylation is 2. The van der Waals surface area contributed by atoms with Crippen molar-refractivity contribution in [3.05, 3.63) is 58.2 Å². The van der Waals surface area contributed by atoms with Gasteiger partial charge in [-0.1, -0.05) is 29.4 Å². The van der Waals surface area contributed by atoms with Crippen LogP contribution in [0.25, 0.3) is 0 Å². The summed E-state index contributed by atoms with van der Waals surface area (Å²) in [6, 6.07) is 3.62. The quantitative estimate of drug-likeness (QED) is 0.253. The van der Waals surface area contributed by atoms with E-state index in [9.17, 15) is 9.90 Å². The van der Waals surface area contributed by atoms with Gasteiger partial charge in [-0.15, -0.1) is 0 Å². The van der Waals surface area contributed by atoms with E-state index in [0.717, 1.165) is 80.1 Å². The fourth-order valence-electron chi connectivity index (χ4n) is 3.98. The van der Waals surface area contributed by atoms with Gasteiger partial charge in [0.2, 0.25) is 0 Å². The number of hydrogen-bond donors (Lipinski definition) is 1. The SMILES string of the molecule is C/C(C=O)=C\CC/C(C)=C/CC/C(C)=C/CC[C@@]1(C)CCc2cc(O)cc(C)c2O1. The maximum absolute atomic E-state index is 10.6. The Morgan fingerprint density at radius 1 is 1.07 bits per heavy atom. The Balaban J connectivity index is 1.78. The zero-order valence-corrected chi connectivity index (χ0v) is 19.4. The average Bonchev–Trinajstić information content (AvgIpc) is 2.68. The molecule has 1 atom stereocenters. The number of hydrogen-bond acceptors (Lipinski definition) is 3. The Morgan fingerprint density at radius 3 is 2.37 bits per heavy atom. The zero-order valence-electron chi connectivity index (χ0n) is 19.4. The lowest BCUT2D eigenvalue weighted by molar-refractivity contribution is -0.104. The van der Waals surface area contributed by atoms with Crippen molar-refractivity contribution in [2.45, 2.75) is 91.6 Å². The van der Waals surface area contributed by atoms with E-state index in [-0.39, 0.29) is 5.60 Å². The molecule has 1 aliphatic rings. The number of ether oxygens (including phenoxy) is 1. The van der Waals surface area contributed by atoms with Gasteiger partial charge >= 0.3 is 0 Å². The Labute approximate surface area is 182 Å². The minimum atomic E-state index is -0.144. The highest BCUT2D eigenvalue weighted by Gasteiger charge is 2.31. The molecule has 0 bridgehead atoms. The summed E-state index contributed by atoms with van der Waals surface area (Å²) in [6.07, 6.45) is 15.6. The van der Waals surface area contributed by atoms with Crippen molar-refractivity contribution < 1.29 is 14.6 Å². The predicted molar refractivity (Wildman–Crippen MR) is 125 cm³/mol. The first-order valence-electron chi connectivity index (χ1n) is 11.2. The summed E-state index contributed by atoms with van der Waals surface area (Å²) < 4.78 is 6.39. The van der Waals surface area contributed by atoms with Crippen LogP contribution in [0.5, 0.6) is 11.5 Å². The molecule has 1 aromatic carbocycles. The molecule has 164 valence electrons. The molecular weight excluding hydrogens is 372 g/mol. The minimum absolute atomic E-state index is 0.144. The van der Waals surface area contributed by atoms with Crippen LogP contribution in [0.4, 0.5) is 0 Å². The largest absolute Gasteiger partial charge is 0.508 e. The third-order valence-electron chi connectivity index (χ3n) is 6.00. The highest BCUT2D eigenvalue weighted by atomic mass is 16.5. The van der Waals surface area contributed by atoms with Crippen LogP contribution in [-0.4, -0.2) is 17.0 Å². The lowest BCUT2D eigenvalue weighted by Crippen LogP contribution is -2.36. The minimum Gasteiger partial charge on any atom is -0.508 e. The van der Waals surface area contributed by atoms with E-state index in [1.54, 1.807) is 6.07 Å². The standard InChI is InChI=1S/C27H38O3/c1-20(11-7-12-22(3)19-28)9-6-10-21(2)13-8-15-27(5)16-14-24-18-25(29)17-23(4)26(24)30-27/h9,12-13,17-19,29H,6-8,10-11,14-16H2,1-5H3/b20-9+,21-13+,22-12+/t27-/m0/s1. The highest BCUT2D eigenvalue weighted by Crippen LogP contribution is 2.39. The molecule has 0 aliphatic carbocycles. The molecule has 1 N–H and O–H groups in total. The van der Waals surface area contributed by atoms with Gasteiger partial charge in [0.1, 0.15) is 23.4 Å². The van der Waals surface area contributed by atoms with Crippen LogP contribution in [-0.2, 0) is 11.2 Å². The predicted octanol–water partition coefficient (Wildman–Crippen LogP) is 7.16. The van der Waals surface area contributed by atoms with E-state index >= 15 is 0 Å². The van der Waals surface area contributed by atoms with Gasteiger partial charge < -0.3 is 9.84 Å². The zero-order chi connectivity index (χ0) is 22.1. The molecule has 0 saturated heterocycles. The highest BCUT2D eigenvalue weighted by molar-refractivity contribution is 5.71. The van der Waals surface area contributed by atoms with Gasteiger partial charge in [-0.05, 0) is 115 Å². The second-order valence-corrected chi connectivity index (χ2v) is 9.09. The molecule has 2 rings (SSSR count). The second-order valence-electron chi connectivity index (χ2n) is 9.09. The van der Waals surface area contributed by atoms with Gasteiger partial charge in [0.25, 0.3) is 0 Å². The van der Waals surface area contributed by atoms with Gasteiger partial charge in [0.05, 0.1) is 0 Å². The van der Waals surface area contributed by atoms with Crippen molar-refractivity contribution in [1.82, 2.24) is 0 Å². The first-order valence-corrected chi connectivity index (χ1v) is 11.2. The molecule has 0 saturated carbocycles. The van der Waals surface area contributed by atoms with Crippen LogP contribution in [0.1, 0.15) is 83.8 Å². The summed E-state index contributed by atoms with van der Waals surface area (Å²) >= 11 is 0. The molecule has 1 aromatic rings. The molecule has 1 heterocycles. The van der Waals surface area contributed by atoms with Crippen LogP contribution in [0.3, 0.4) is 0 Å². The number of allylic oxidation sites excluding steroid dienone is 6. The topological polar surface area (TPSA) is 46.5 Å². The molecule has 1 aliphatic heterocycles. The number of phenols is 1. The number of carbonyl (C=O) groups excluding carboxylic acids is 1. The van der Waals surface area contributed by atoms with Gasteiger partial charge in [-0.25, -0.2) is 0 Å². The third kappa shape index (κ3) is 7.51. The molecule has 30 heavy (non-hydrogen) atoms. The molecule has 0 spiro atoms. The van der Waals surface area contributed by atoms with Crippen molar-refractivity contribution >= 4 is 6.29 Å². The van der Waals surface area contributed by atoms with Crippen molar-refractivity contribution in [2.24, 2.45) is 0 Å². The number of carbonyl (C=O) groups is 1. The van der Waals surface area contributed by atoms with E-state index in [1.165, 1.54) is 11.1 Å². The van der Waals surface area contributed by atoms with E-state index < -0.39 is 0 Å². The van der Waals surface area contributed by atoms with Crippen LogP contribution in [0.2, 0.25) is 0 Å². The second kappa shape index (κ2) is 11.2. The van der Waals surface area contributed by atoms with E-state index in [1.807, 2.05) is 26.0 Å². The maximum Gasteiger partial charge on any atom is 0.145 e. The number of phenolic OH excluding ortho intramolecular Hbond substituents is 1.